The Kier molecular flexibility index (Phi) is 4.45. The number of aromatic nitrogens is 6. The normalized spacial score (nSPS) is 13.7. The van der Waals surface area contributed by atoms with Crippen LogP contribution in [0.4, 0.5) is 0 Å². The monoisotopic (exact) mass is 458 g/mol. The lowest BCUT2D eigenvalue weighted by Gasteiger charge is -2.12. The van der Waals surface area contributed by atoms with E-state index in [0.29, 0.717) is 50.6 Å². The molecule has 164 valence electrons. The number of aryl methyl sites for hydroxylation is 1. The van der Waals surface area contributed by atoms with E-state index < -0.39 is 0 Å². The van der Waals surface area contributed by atoms with E-state index in [9.17, 15) is 4.79 Å². The molecule has 5 heterocycles. The van der Waals surface area contributed by atoms with Crippen molar-refractivity contribution in [2.45, 2.75) is 25.7 Å². The summed E-state index contributed by atoms with van der Waals surface area (Å²) in [6.45, 7) is 1.83. The number of nitrogens with one attached hydrogen (secondary N) is 2. The summed E-state index contributed by atoms with van der Waals surface area (Å²) >= 11 is 6.09. The van der Waals surface area contributed by atoms with Crippen LogP contribution in [0.25, 0.3) is 44.6 Å². The van der Waals surface area contributed by atoms with Crippen molar-refractivity contribution >= 4 is 33.5 Å². The van der Waals surface area contributed by atoms with Crippen molar-refractivity contribution in [2.75, 3.05) is 7.11 Å². The zero-order chi connectivity index (χ0) is 22.7. The lowest BCUT2D eigenvalue weighted by molar-refractivity contribution is 0.415. The predicted octanol–water partition coefficient (Wildman–Crippen LogP) is 4.77. The van der Waals surface area contributed by atoms with Gasteiger partial charge in [-0.1, -0.05) is 11.6 Å². The number of fused-ring (bicyclic) bond motifs is 2. The molecule has 0 bridgehead atoms. The third kappa shape index (κ3) is 3.34. The first kappa shape index (κ1) is 19.9. The maximum atomic E-state index is 12.9. The van der Waals surface area contributed by atoms with Crippen LogP contribution in [0.2, 0.25) is 5.15 Å². The molecule has 1 aliphatic rings. The van der Waals surface area contributed by atoms with Gasteiger partial charge in [-0.15, -0.1) is 0 Å². The Balaban J connectivity index is 1.56. The zero-order valence-electron chi connectivity index (χ0n) is 17.9. The number of halogens is 1. The van der Waals surface area contributed by atoms with E-state index in [1.165, 1.54) is 0 Å². The van der Waals surface area contributed by atoms with Crippen LogP contribution >= 0.6 is 11.6 Å². The van der Waals surface area contributed by atoms with E-state index in [-0.39, 0.29) is 5.56 Å². The van der Waals surface area contributed by atoms with Crippen molar-refractivity contribution < 1.29 is 4.74 Å². The van der Waals surface area contributed by atoms with Crippen molar-refractivity contribution in [3.63, 3.8) is 0 Å². The Bertz CT molecular complexity index is 1620. The van der Waals surface area contributed by atoms with Gasteiger partial charge in [-0.3, -0.25) is 14.8 Å². The average Bonchev–Trinajstić information content (AvgIpc) is 3.57. The minimum atomic E-state index is -0.260. The Hall–Kier alpha value is -3.78. The zero-order valence-corrected chi connectivity index (χ0v) is 18.7. The van der Waals surface area contributed by atoms with Gasteiger partial charge < -0.3 is 14.7 Å². The van der Waals surface area contributed by atoms with E-state index in [4.69, 9.17) is 16.3 Å². The number of hydrogen-bond acceptors (Lipinski definition) is 6. The molecule has 1 aliphatic carbocycles. The molecule has 0 aliphatic heterocycles. The summed E-state index contributed by atoms with van der Waals surface area (Å²) in [6, 6.07) is 7.25. The average molecular weight is 459 g/mol. The van der Waals surface area contributed by atoms with Gasteiger partial charge >= 0.3 is 0 Å². The van der Waals surface area contributed by atoms with Crippen LogP contribution < -0.4 is 10.3 Å². The van der Waals surface area contributed by atoms with Crippen LogP contribution in [0, 0.1) is 6.92 Å². The van der Waals surface area contributed by atoms with Crippen LogP contribution in [0.1, 0.15) is 30.1 Å². The molecule has 33 heavy (non-hydrogen) atoms. The molecular formula is C24H19ClN6O2. The standard InChI is InChI=1S/C24H19ClN6O2/c1-11-21-18(9-20(25)28-11)29-23(31-21)14-7-13-16(30-24(14)32)5-6-26-22(13)15-10-27-17(12-3-4-12)8-19(15)33-2/h5-10,12H,3-4H2,1-2H3,(H,29,31)(H,30,32). The van der Waals surface area contributed by atoms with E-state index in [1.807, 2.05) is 13.0 Å². The maximum absolute atomic E-state index is 12.9. The number of methoxy groups -OCH3 is 1. The van der Waals surface area contributed by atoms with E-state index >= 15 is 0 Å². The molecule has 0 saturated heterocycles. The minimum Gasteiger partial charge on any atom is -0.496 e. The molecule has 0 aromatic carbocycles. The molecule has 0 atom stereocenters. The molecule has 1 saturated carbocycles. The highest BCUT2D eigenvalue weighted by Crippen LogP contribution is 2.42. The number of H-pyrrole nitrogens is 2. The second-order valence-electron chi connectivity index (χ2n) is 8.23. The van der Waals surface area contributed by atoms with Gasteiger partial charge in [0.05, 0.1) is 40.7 Å². The number of rotatable bonds is 4. The highest BCUT2D eigenvalue weighted by atomic mass is 35.5. The van der Waals surface area contributed by atoms with Crippen LogP contribution in [-0.4, -0.2) is 37.0 Å². The molecular weight excluding hydrogens is 440 g/mol. The Morgan fingerprint density at radius 2 is 1.91 bits per heavy atom. The molecule has 0 amide bonds. The number of imidazole rings is 1. The lowest BCUT2D eigenvalue weighted by atomic mass is 10.0. The Morgan fingerprint density at radius 1 is 1.06 bits per heavy atom. The molecule has 0 spiro atoms. The summed E-state index contributed by atoms with van der Waals surface area (Å²) in [6.07, 6.45) is 5.78. The van der Waals surface area contributed by atoms with Crippen LogP contribution in [0.3, 0.4) is 0 Å². The molecule has 5 aromatic rings. The number of nitrogens with zero attached hydrogens (tertiary/aromatic N) is 4. The van der Waals surface area contributed by atoms with Gasteiger partial charge in [0, 0.05) is 41.5 Å². The fraction of sp³-hybridized carbons (Fsp3) is 0.208. The van der Waals surface area contributed by atoms with Crippen LogP contribution in [0.15, 0.2) is 41.5 Å². The second kappa shape index (κ2) is 7.38. The smallest absolute Gasteiger partial charge is 0.259 e. The van der Waals surface area contributed by atoms with Gasteiger partial charge in [0.15, 0.2) is 0 Å². The first-order valence-corrected chi connectivity index (χ1v) is 11.0. The minimum absolute atomic E-state index is 0.260. The highest BCUT2D eigenvalue weighted by molar-refractivity contribution is 6.30. The van der Waals surface area contributed by atoms with Gasteiger partial charge in [0.1, 0.15) is 22.2 Å². The van der Waals surface area contributed by atoms with Crippen molar-refractivity contribution in [3.8, 4) is 28.4 Å². The molecule has 9 heteroatoms. The predicted molar refractivity (Wildman–Crippen MR) is 127 cm³/mol. The quantitative estimate of drug-likeness (QED) is 0.375. The summed E-state index contributed by atoms with van der Waals surface area (Å²) in [5.74, 6) is 1.65. The molecule has 1 fully saturated rings. The van der Waals surface area contributed by atoms with Crippen molar-refractivity contribution in [1.82, 2.24) is 29.9 Å². The number of aromatic amines is 2. The highest BCUT2D eigenvalue weighted by Gasteiger charge is 2.26. The Morgan fingerprint density at radius 3 is 2.70 bits per heavy atom. The summed E-state index contributed by atoms with van der Waals surface area (Å²) < 4.78 is 5.68. The molecule has 5 aromatic heterocycles. The lowest BCUT2D eigenvalue weighted by Crippen LogP contribution is -2.10. The fourth-order valence-electron chi connectivity index (χ4n) is 4.18. The van der Waals surface area contributed by atoms with Gasteiger partial charge in [0.2, 0.25) is 0 Å². The second-order valence-corrected chi connectivity index (χ2v) is 8.62. The largest absolute Gasteiger partial charge is 0.496 e. The fourth-order valence-corrected chi connectivity index (χ4v) is 4.41. The van der Waals surface area contributed by atoms with Gasteiger partial charge in [0.25, 0.3) is 5.56 Å². The Labute approximate surface area is 193 Å². The first-order chi connectivity index (χ1) is 16.0. The van der Waals surface area contributed by atoms with Gasteiger partial charge in [-0.25, -0.2) is 9.97 Å². The van der Waals surface area contributed by atoms with Crippen LogP contribution in [-0.2, 0) is 0 Å². The summed E-state index contributed by atoms with van der Waals surface area (Å²) in [7, 11) is 1.64. The topological polar surface area (TPSA) is 109 Å². The summed E-state index contributed by atoms with van der Waals surface area (Å²) in [5, 5.41) is 1.13. The number of ether oxygens (including phenoxy) is 1. The number of hydrogen-bond donors (Lipinski definition) is 2. The van der Waals surface area contributed by atoms with E-state index in [0.717, 1.165) is 35.0 Å². The van der Waals surface area contributed by atoms with E-state index in [1.54, 1.807) is 37.7 Å². The van der Waals surface area contributed by atoms with Crippen molar-refractivity contribution in [1.29, 1.82) is 0 Å². The maximum Gasteiger partial charge on any atom is 0.259 e. The molecule has 0 radical (unpaired) electrons. The number of pyridine rings is 4. The molecule has 6 rings (SSSR count). The van der Waals surface area contributed by atoms with Gasteiger partial charge in [-0.05, 0) is 31.9 Å². The van der Waals surface area contributed by atoms with E-state index in [2.05, 4.69) is 29.9 Å². The third-order valence-electron chi connectivity index (χ3n) is 6.00. The van der Waals surface area contributed by atoms with Crippen molar-refractivity contribution in [2.24, 2.45) is 0 Å². The van der Waals surface area contributed by atoms with Crippen molar-refractivity contribution in [3.05, 3.63) is 63.6 Å². The van der Waals surface area contributed by atoms with Crippen LogP contribution in [0.5, 0.6) is 5.75 Å². The molecule has 8 nitrogen and oxygen atoms in total. The SMILES string of the molecule is COc1cc(C2CC2)ncc1-c1nccc2[nH]c(=O)c(-c3nc4c(C)nc(Cl)cc4[nH]3)cc12. The molecule has 2 N–H and O–H groups in total. The third-order valence-corrected chi connectivity index (χ3v) is 6.19. The van der Waals surface area contributed by atoms with Gasteiger partial charge in [-0.2, -0.15) is 0 Å². The summed E-state index contributed by atoms with van der Waals surface area (Å²) in [5.41, 5.74) is 5.35. The first-order valence-electron chi connectivity index (χ1n) is 10.6. The summed E-state index contributed by atoms with van der Waals surface area (Å²) in [4.78, 5) is 37.2. The molecule has 0 unspecified atom stereocenters.